The number of anilines is 3. The Balaban J connectivity index is 1.90. The number of benzene rings is 2. The Labute approximate surface area is 171 Å². The van der Waals surface area contributed by atoms with Gasteiger partial charge in [0, 0.05) is 35.1 Å². The summed E-state index contributed by atoms with van der Waals surface area (Å²) in [5, 5.41) is 11.5. The first kappa shape index (κ1) is 21.9. The number of carbonyl (C=O) groups is 3. The number of aryl methyl sites for hydroxylation is 1. The first-order valence-electron chi connectivity index (χ1n) is 9.63. The molecule has 0 saturated carbocycles. The molecule has 0 aromatic heterocycles. The number of amides is 3. The predicted octanol–water partition coefficient (Wildman–Crippen LogP) is 3.53. The molecule has 2 aromatic carbocycles. The normalized spacial score (nSPS) is 10.4. The van der Waals surface area contributed by atoms with Crippen LogP contribution in [-0.2, 0) is 9.59 Å². The fourth-order valence-electron chi connectivity index (χ4n) is 2.55. The van der Waals surface area contributed by atoms with E-state index in [0.29, 0.717) is 23.4 Å². The van der Waals surface area contributed by atoms with Gasteiger partial charge in [-0.1, -0.05) is 13.0 Å². The minimum absolute atomic E-state index is 0.0709. The van der Waals surface area contributed by atoms with Gasteiger partial charge in [0.15, 0.2) is 0 Å². The van der Waals surface area contributed by atoms with Crippen molar-refractivity contribution in [2.24, 2.45) is 0 Å². The maximum Gasteiger partial charge on any atom is 0.251 e. The molecule has 7 nitrogen and oxygen atoms in total. The van der Waals surface area contributed by atoms with E-state index < -0.39 is 0 Å². The summed E-state index contributed by atoms with van der Waals surface area (Å²) >= 11 is 0. The fourth-order valence-corrected chi connectivity index (χ4v) is 2.55. The van der Waals surface area contributed by atoms with Crippen molar-refractivity contribution in [3.05, 3.63) is 53.6 Å². The second-order valence-corrected chi connectivity index (χ2v) is 7.04. The Bertz CT molecular complexity index is 876. The van der Waals surface area contributed by atoms with Crippen LogP contribution in [0.15, 0.2) is 42.5 Å². The highest BCUT2D eigenvalue weighted by molar-refractivity contribution is 5.97. The molecule has 0 heterocycles. The average Bonchev–Trinajstić information content (AvgIpc) is 2.68. The van der Waals surface area contributed by atoms with Gasteiger partial charge in [0.1, 0.15) is 0 Å². The summed E-state index contributed by atoms with van der Waals surface area (Å²) in [7, 11) is 0. The van der Waals surface area contributed by atoms with E-state index in [1.54, 1.807) is 43.3 Å². The van der Waals surface area contributed by atoms with E-state index in [2.05, 4.69) is 21.3 Å². The lowest BCUT2D eigenvalue weighted by Gasteiger charge is -2.12. The van der Waals surface area contributed by atoms with E-state index in [9.17, 15) is 14.4 Å². The summed E-state index contributed by atoms with van der Waals surface area (Å²) in [5.74, 6) is -0.429. The van der Waals surface area contributed by atoms with Crippen LogP contribution in [0, 0.1) is 6.92 Å². The van der Waals surface area contributed by atoms with E-state index in [-0.39, 0.29) is 30.3 Å². The monoisotopic (exact) mass is 396 g/mol. The van der Waals surface area contributed by atoms with Crippen molar-refractivity contribution in [3.63, 3.8) is 0 Å². The molecular weight excluding hydrogens is 368 g/mol. The molecule has 154 valence electrons. The van der Waals surface area contributed by atoms with Gasteiger partial charge < -0.3 is 21.3 Å². The van der Waals surface area contributed by atoms with Gasteiger partial charge in [-0.2, -0.15) is 0 Å². The highest BCUT2D eigenvalue weighted by atomic mass is 16.2. The van der Waals surface area contributed by atoms with Gasteiger partial charge in [-0.25, -0.2) is 0 Å². The van der Waals surface area contributed by atoms with Crippen LogP contribution in [0.3, 0.4) is 0 Å². The molecule has 2 aromatic rings. The predicted molar refractivity (Wildman–Crippen MR) is 116 cm³/mol. The third kappa shape index (κ3) is 6.95. The maximum absolute atomic E-state index is 12.2. The summed E-state index contributed by atoms with van der Waals surface area (Å²) < 4.78 is 0. The third-order valence-electron chi connectivity index (χ3n) is 4.14. The third-order valence-corrected chi connectivity index (χ3v) is 4.14. The smallest absolute Gasteiger partial charge is 0.251 e. The van der Waals surface area contributed by atoms with Gasteiger partial charge in [0.2, 0.25) is 11.8 Å². The van der Waals surface area contributed by atoms with Gasteiger partial charge in [-0.05, 0) is 62.7 Å². The molecule has 29 heavy (non-hydrogen) atoms. The molecule has 4 N–H and O–H groups in total. The lowest BCUT2D eigenvalue weighted by atomic mass is 10.1. The molecule has 0 radical (unpaired) electrons. The van der Waals surface area contributed by atoms with Crippen molar-refractivity contribution in [1.29, 1.82) is 0 Å². The van der Waals surface area contributed by atoms with Crippen LogP contribution in [-0.4, -0.2) is 30.3 Å². The molecule has 0 unspecified atom stereocenters. The zero-order valence-corrected chi connectivity index (χ0v) is 17.3. The molecule has 0 atom stereocenters. The van der Waals surface area contributed by atoms with Crippen molar-refractivity contribution < 1.29 is 14.4 Å². The second-order valence-electron chi connectivity index (χ2n) is 7.04. The Kier molecular flexibility index (Phi) is 7.77. The SMILES string of the molecule is CCC(=O)Nc1cc(NC(=O)CNc2ccc(C(=O)NC(C)C)cc2)ccc1C. The van der Waals surface area contributed by atoms with Crippen molar-refractivity contribution in [2.75, 3.05) is 22.5 Å². The Morgan fingerprint density at radius 3 is 2.17 bits per heavy atom. The van der Waals surface area contributed by atoms with Crippen molar-refractivity contribution >= 4 is 34.8 Å². The molecular formula is C22H28N4O3. The molecule has 0 saturated heterocycles. The van der Waals surface area contributed by atoms with Crippen LogP contribution < -0.4 is 21.3 Å². The number of carbonyl (C=O) groups excluding carboxylic acids is 3. The van der Waals surface area contributed by atoms with Crippen LogP contribution >= 0.6 is 0 Å². The minimum atomic E-state index is -0.219. The molecule has 7 heteroatoms. The highest BCUT2D eigenvalue weighted by Crippen LogP contribution is 2.20. The first-order chi connectivity index (χ1) is 13.8. The lowest BCUT2D eigenvalue weighted by molar-refractivity contribution is -0.116. The summed E-state index contributed by atoms with van der Waals surface area (Å²) in [6.07, 6.45) is 0.387. The second kappa shape index (κ2) is 10.3. The Morgan fingerprint density at radius 1 is 0.897 bits per heavy atom. The van der Waals surface area contributed by atoms with Crippen LogP contribution in [0.25, 0.3) is 0 Å². The molecule has 0 bridgehead atoms. The maximum atomic E-state index is 12.2. The summed E-state index contributed by atoms with van der Waals surface area (Å²) in [6, 6.07) is 12.4. The van der Waals surface area contributed by atoms with Crippen molar-refractivity contribution in [3.8, 4) is 0 Å². The van der Waals surface area contributed by atoms with E-state index in [1.165, 1.54) is 0 Å². The summed E-state index contributed by atoms with van der Waals surface area (Å²) in [6.45, 7) is 7.55. The fraction of sp³-hybridized carbons (Fsp3) is 0.318. The molecule has 0 aliphatic rings. The van der Waals surface area contributed by atoms with Gasteiger partial charge in [-0.15, -0.1) is 0 Å². The van der Waals surface area contributed by atoms with Gasteiger partial charge in [0.25, 0.3) is 5.91 Å². The largest absolute Gasteiger partial charge is 0.376 e. The van der Waals surface area contributed by atoms with Crippen molar-refractivity contribution in [2.45, 2.75) is 40.2 Å². The Morgan fingerprint density at radius 2 is 1.55 bits per heavy atom. The summed E-state index contributed by atoms with van der Waals surface area (Å²) in [5.41, 5.74) is 3.51. The number of nitrogens with one attached hydrogen (secondary N) is 4. The van der Waals surface area contributed by atoms with E-state index in [1.807, 2.05) is 26.8 Å². The van der Waals surface area contributed by atoms with Crippen LogP contribution in [0.5, 0.6) is 0 Å². The standard InChI is InChI=1S/C22H28N4O3/c1-5-20(27)26-19-12-18(9-6-15(19)4)25-21(28)13-23-17-10-7-16(8-11-17)22(29)24-14(2)3/h6-12,14,23H,5,13H2,1-4H3,(H,24,29)(H,25,28)(H,26,27). The number of hydrogen-bond donors (Lipinski definition) is 4. The molecule has 0 fully saturated rings. The van der Waals surface area contributed by atoms with Crippen LogP contribution in [0.1, 0.15) is 43.1 Å². The summed E-state index contributed by atoms with van der Waals surface area (Å²) in [4.78, 5) is 35.8. The molecule has 0 aliphatic carbocycles. The number of hydrogen-bond acceptors (Lipinski definition) is 4. The van der Waals surface area contributed by atoms with Crippen LogP contribution in [0.2, 0.25) is 0 Å². The van der Waals surface area contributed by atoms with Crippen molar-refractivity contribution in [1.82, 2.24) is 5.32 Å². The van der Waals surface area contributed by atoms with Gasteiger partial charge in [-0.3, -0.25) is 14.4 Å². The lowest BCUT2D eigenvalue weighted by Crippen LogP contribution is -2.30. The van der Waals surface area contributed by atoms with Gasteiger partial charge in [0.05, 0.1) is 6.54 Å². The van der Waals surface area contributed by atoms with E-state index in [4.69, 9.17) is 0 Å². The minimum Gasteiger partial charge on any atom is -0.376 e. The molecule has 3 amide bonds. The molecule has 0 aliphatic heterocycles. The highest BCUT2D eigenvalue weighted by Gasteiger charge is 2.09. The zero-order valence-electron chi connectivity index (χ0n) is 17.3. The quantitative estimate of drug-likeness (QED) is 0.548. The van der Waals surface area contributed by atoms with Gasteiger partial charge >= 0.3 is 0 Å². The number of rotatable bonds is 8. The average molecular weight is 396 g/mol. The van der Waals surface area contributed by atoms with Crippen LogP contribution in [0.4, 0.5) is 17.1 Å². The molecule has 2 rings (SSSR count). The zero-order chi connectivity index (χ0) is 21.4. The first-order valence-corrected chi connectivity index (χ1v) is 9.63. The van der Waals surface area contributed by atoms with E-state index >= 15 is 0 Å². The van der Waals surface area contributed by atoms with E-state index in [0.717, 1.165) is 11.3 Å². The topological polar surface area (TPSA) is 99.3 Å². The Hall–Kier alpha value is -3.35. The molecule has 0 spiro atoms.